The molecule has 0 atom stereocenters. The quantitative estimate of drug-likeness (QED) is 0.169. The number of pyridine rings is 2. The molecule has 54 heavy (non-hydrogen) atoms. The van der Waals surface area contributed by atoms with Gasteiger partial charge in [0.15, 0.2) is 0 Å². The van der Waals surface area contributed by atoms with Crippen molar-refractivity contribution < 1.29 is 4.74 Å². The monoisotopic (exact) mass is 689 g/mol. The Hall–Kier alpha value is -7.35. The highest BCUT2D eigenvalue weighted by molar-refractivity contribution is 6.03. The highest BCUT2D eigenvalue weighted by atomic mass is 16.5. The van der Waals surface area contributed by atoms with E-state index in [1.165, 1.54) is 11.1 Å². The number of nitrogens with zero attached hydrogens (tertiary/aromatic N) is 3. The van der Waals surface area contributed by atoms with E-state index in [1.807, 2.05) is 42.6 Å². The minimum atomic E-state index is -0.635. The summed E-state index contributed by atoms with van der Waals surface area (Å²) < 4.78 is 6.71. The summed E-state index contributed by atoms with van der Waals surface area (Å²) in [6.45, 7) is 0. The van der Waals surface area contributed by atoms with Crippen LogP contribution in [-0.2, 0) is 5.41 Å². The molecule has 10 rings (SSSR count). The first-order chi connectivity index (χ1) is 26.7. The van der Waals surface area contributed by atoms with Crippen LogP contribution in [0.1, 0.15) is 27.8 Å². The van der Waals surface area contributed by atoms with Gasteiger partial charge in [0.2, 0.25) is 0 Å². The van der Waals surface area contributed by atoms with Crippen LogP contribution >= 0.6 is 0 Å². The van der Waals surface area contributed by atoms with Crippen LogP contribution in [0.5, 0.6) is 11.5 Å². The fourth-order valence-electron chi connectivity index (χ4n) is 8.12. The second-order valence-electron chi connectivity index (χ2n) is 13.7. The smallest absolute Gasteiger partial charge is 0.132 e. The highest BCUT2D eigenvalue weighted by Crippen LogP contribution is 2.56. The average molecular weight is 690 g/mol. The maximum absolute atomic E-state index is 9.54. The van der Waals surface area contributed by atoms with Crippen molar-refractivity contribution in [2.45, 2.75) is 5.41 Å². The average Bonchev–Trinajstić information content (AvgIpc) is 3.25. The number of benzene rings is 7. The lowest BCUT2D eigenvalue weighted by Gasteiger charge is -2.41. The standard InChI is InChI=1S/C50H31N3O/c51-32-33-17-19-34(20-18-33)38-28-39(30-40(29-38)45-25-23-36-22-21-35-10-9-27-52-48(35)49(36)53-45)37-24-26-47-44(31-37)50(41-11-3-1-4-12-41,42-13-5-2-6-14-42)43-15-7-8-16-46(43)54-47/h1-31H. The number of hydrogen-bond donors (Lipinski definition) is 0. The number of hydrogen-bond acceptors (Lipinski definition) is 4. The SMILES string of the molecule is N#Cc1ccc(-c2cc(-c3ccc4c(c3)C(c3ccccc3)(c3ccccc3)c3ccccc3O4)cc(-c3ccc4ccc5cccnc5c4n3)c2)cc1. The second kappa shape index (κ2) is 12.7. The van der Waals surface area contributed by atoms with E-state index in [9.17, 15) is 5.26 Å². The predicted octanol–water partition coefficient (Wildman–Crippen LogP) is 12.1. The fourth-order valence-corrected chi connectivity index (χ4v) is 8.12. The van der Waals surface area contributed by atoms with Crippen molar-refractivity contribution in [2.24, 2.45) is 0 Å². The summed E-state index contributed by atoms with van der Waals surface area (Å²) in [6.07, 6.45) is 1.82. The number of rotatable bonds is 5. The molecule has 1 aliphatic rings. The topological polar surface area (TPSA) is 58.8 Å². The second-order valence-corrected chi connectivity index (χ2v) is 13.7. The van der Waals surface area contributed by atoms with Gasteiger partial charge in [0.05, 0.1) is 33.8 Å². The van der Waals surface area contributed by atoms with E-state index < -0.39 is 5.41 Å². The summed E-state index contributed by atoms with van der Waals surface area (Å²) >= 11 is 0. The van der Waals surface area contributed by atoms with Crippen molar-refractivity contribution in [2.75, 3.05) is 0 Å². The Bertz CT molecular complexity index is 2870. The summed E-state index contributed by atoms with van der Waals surface area (Å²) in [6, 6.07) is 65.6. The van der Waals surface area contributed by atoms with E-state index >= 15 is 0 Å². The molecule has 2 aromatic heterocycles. The largest absolute Gasteiger partial charge is 0.457 e. The van der Waals surface area contributed by atoms with Crippen molar-refractivity contribution in [3.8, 4) is 51.1 Å². The van der Waals surface area contributed by atoms with Crippen LogP contribution in [0.2, 0.25) is 0 Å². The number of nitriles is 1. The molecule has 0 aliphatic carbocycles. The zero-order valence-corrected chi connectivity index (χ0v) is 29.1. The molecule has 4 nitrogen and oxygen atoms in total. The van der Waals surface area contributed by atoms with Gasteiger partial charge in [0, 0.05) is 33.7 Å². The van der Waals surface area contributed by atoms with Gasteiger partial charge in [-0.15, -0.1) is 0 Å². The van der Waals surface area contributed by atoms with Gasteiger partial charge in [-0.3, -0.25) is 4.98 Å². The molecule has 0 fully saturated rings. The number of ether oxygens (including phenoxy) is 1. The van der Waals surface area contributed by atoms with Crippen molar-refractivity contribution in [1.29, 1.82) is 5.26 Å². The lowest BCUT2D eigenvalue weighted by atomic mass is 9.63. The Kier molecular flexibility index (Phi) is 7.38. The van der Waals surface area contributed by atoms with E-state index in [0.29, 0.717) is 5.56 Å². The first-order valence-corrected chi connectivity index (χ1v) is 18.0. The van der Waals surface area contributed by atoms with Gasteiger partial charge in [-0.2, -0.15) is 5.26 Å². The zero-order chi connectivity index (χ0) is 36.1. The minimum absolute atomic E-state index is 0.624. The molecule has 0 saturated carbocycles. The lowest BCUT2D eigenvalue weighted by Crippen LogP contribution is -2.34. The highest BCUT2D eigenvalue weighted by Gasteiger charge is 2.45. The van der Waals surface area contributed by atoms with Crippen LogP contribution in [0, 0.1) is 11.3 Å². The van der Waals surface area contributed by atoms with Gasteiger partial charge in [-0.1, -0.05) is 121 Å². The summed E-state index contributed by atoms with van der Waals surface area (Å²) in [4.78, 5) is 9.95. The van der Waals surface area contributed by atoms with Crippen LogP contribution in [-0.4, -0.2) is 9.97 Å². The van der Waals surface area contributed by atoms with Crippen LogP contribution in [0.3, 0.4) is 0 Å². The van der Waals surface area contributed by atoms with Gasteiger partial charge in [0.25, 0.3) is 0 Å². The molecule has 1 aliphatic heterocycles. The van der Waals surface area contributed by atoms with Crippen LogP contribution in [0.4, 0.5) is 0 Å². The van der Waals surface area contributed by atoms with Gasteiger partial charge < -0.3 is 4.74 Å². The van der Waals surface area contributed by atoms with Gasteiger partial charge in [-0.05, 0) is 94.0 Å². The third-order valence-electron chi connectivity index (χ3n) is 10.6. The molecule has 0 unspecified atom stereocenters. The third kappa shape index (κ3) is 5.06. The lowest BCUT2D eigenvalue weighted by molar-refractivity contribution is 0.434. The Morgan fingerprint density at radius 2 is 1.07 bits per heavy atom. The Balaban J connectivity index is 1.22. The molecule has 252 valence electrons. The van der Waals surface area contributed by atoms with Gasteiger partial charge >= 0.3 is 0 Å². The Morgan fingerprint density at radius 1 is 0.463 bits per heavy atom. The number of para-hydroxylation sites is 1. The summed E-state index contributed by atoms with van der Waals surface area (Å²) in [5.41, 5.74) is 12.2. The zero-order valence-electron chi connectivity index (χ0n) is 29.1. The molecule has 0 bridgehead atoms. The molecule has 0 amide bonds. The Labute approximate surface area is 313 Å². The van der Waals surface area contributed by atoms with Gasteiger partial charge in [0.1, 0.15) is 11.5 Å². The molecular weight excluding hydrogens is 659 g/mol. The summed E-state index contributed by atoms with van der Waals surface area (Å²) in [5, 5.41) is 11.6. The van der Waals surface area contributed by atoms with E-state index in [4.69, 9.17) is 14.7 Å². The predicted molar refractivity (Wildman–Crippen MR) is 216 cm³/mol. The van der Waals surface area contributed by atoms with E-state index in [2.05, 4.69) is 152 Å². The molecule has 7 aromatic carbocycles. The molecule has 0 N–H and O–H groups in total. The van der Waals surface area contributed by atoms with Gasteiger partial charge in [-0.25, -0.2) is 4.98 Å². The first kappa shape index (κ1) is 31.4. The van der Waals surface area contributed by atoms with Crippen LogP contribution < -0.4 is 4.74 Å². The van der Waals surface area contributed by atoms with Crippen molar-refractivity contribution >= 4 is 21.8 Å². The third-order valence-corrected chi connectivity index (χ3v) is 10.6. The van der Waals surface area contributed by atoms with Crippen molar-refractivity contribution in [1.82, 2.24) is 9.97 Å². The van der Waals surface area contributed by atoms with E-state index in [0.717, 1.165) is 77.9 Å². The summed E-state index contributed by atoms with van der Waals surface area (Å²) in [7, 11) is 0. The van der Waals surface area contributed by atoms with Crippen LogP contribution in [0.25, 0.3) is 55.3 Å². The van der Waals surface area contributed by atoms with Crippen LogP contribution in [0.15, 0.2) is 188 Å². The molecular formula is C50H31N3O. The maximum atomic E-state index is 9.54. The van der Waals surface area contributed by atoms with Crippen molar-refractivity contribution in [3.05, 3.63) is 216 Å². The molecule has 0 spiro atoms. The maximum Gasteiger partial charge on any atom is 0.132 e. The minimum Gasteiger partial charge on any atom is -0.457 e. The number of aromatic nitrogens is 2. The van der Waals surface area contributed by atoms with Crippen molar-refractivity contribution in [3.63, 3.8) is 0 Å². The van der Waals surface area contributed by atoms with E-state index in [-0.39, 0.29) is 0 Å². The fraction of sp³-hybridized carbons (Fsp3) is 0.0200. The normalized spacial score (nSPS) is 12.7. The molecule has 4 heteroatoms. The molecule has 0 radical (unpaired) electrons. The number of fused-ring (bicyclic) bond motifs is 5. The molecule has 0 saturated heterocycles. The van der Waals surface area contributed by atoms with E-state index in [1.54, 1.807) is 0 Å². The Morgan fingerprint density at radius 3 is 1.81 bits per heavy atom. The first-order valence-electron chi connectivity index (χ1n) is 18.0. The molecule has 9 aromatic rings. The molecule has 3 heterocycles. The summed E-state index contributed by atoms with van der Waals surface area (Å²) in [5.74, 6) is 1.67.